The number of alkyl halides is 1. The van der Waals surface area contributed by atoms with E-state index in [9.17, 15) is 0 Å². The van der Waals surface area contributed by atoms with Gasteiger partial charge in [0.25, 0.3) is 0 Å². The minimum atomic E-state index is 0.418. The van der Waals surface area contributed by atoms with Gasteiger partial charge in [0.15, 0.2) is 0 Å². The number of rotatable bonds is 4. The number of nitrogens with zero attached hydrogens (tertiary/aromatic N) is 1. The van der Waals surface area contributed by atoms with E-state index in [0.717, 1.165) is 11.3 Å². The van der Waals surface area contributed by atoms with Gasteiger partial charge in [0, 0.05) is 11.8 Å². The van der Waals surface area contributed by atoms with Crippen LogP contribution in [0.2, 0.25) is 0 Å². The first-order valence-corrected chi connectivity index (χ1v) is 6.92. The van der Waals surface area contributed by atoms with Crippen LogP contribution >= 0.6 is 11.6 Å². The van der Waals surface area contributed by atoms with Gasteiger partial charge < -0.3 is 4.74 Å². The molecule has 0 aliphatic carbocycles. The summed E-state index contributed by atoms with van der Waals surface area (Å²) in [5, 5.41) is 0. The van der Waals surface area contributed by atoms with E-state index in [1.807, 2.05) is 12.1 Å². The summed E-state index contributed by atoms with van der Waals surface area (Å²) in [6, 6.07) is 8.04. The monoisotopic (exact) mass is 275 g/mol. The summed E-state index contributed by atoms with van der Waals surface area (Å²) in [7, 11) is 0. The van der Waals surface area contributed by atoms with Crippen LogP contribution in [0.5, 0.6) is 11.5 Å². The molecule has 0 saturated carbocycles. The third-order valence-electron chi connectivity index (χ3n) is 3.11. The molecular formula is C16H18ClNO. The molecule has 0 saturated heterocycles. The zero-order valence-electron chi connectivity index (χ0n) is 11.5. The number of benzene rings is 1. The number of ether oxygens (including phenoxy) is 1. The molecule has 0 atom stereocenters. The molecule has 0 aliphatic rings. The lowest BCUT2D eigenvalue weighted by Crippen LogP contribution is -1.94. The van der Waals surface area contributed by atoms with Gasteiger partial charge >= 0.3 is 0 Å². The minimum Gasteiger partial charge on any atom is -0.455 e. The van der Waals surface area contributed by atoms with Gasteiger partial charge in [-0.05, 0) is 42.2 Å². The van der Waals surface area contributed by atoms with Crippen LogP contribution in [0.15, 0.2) is 36.7 Å². The zero-order valence-corrected chi connectivity index (χ0v) is 12.2. The fraction of sp³-hybridized carbons (Fsp3) is 0.312. The quantitative estimate of drug-likeness (QED) is 0.729. The van der Waals surface area contributed by atoms with Crippen molar-refractivity contribution in [3.63, 3.8) is 0 Å². The second kappa shape index (κ2) is 6.07. The Morgan fingerprint density at radius 2 is 2.05 bits per heavy atom. The van der Waals surface area contributed by atoms with Crippen LogP contribution in [0, 0.1) is 6.92 Å². The van der Waals surface area contributed by atoms with E-state index >= 15 is 0 Å². The highest BCUT2D eigenvalue weighted by Gasteiger charge is 2.07. The SMILES string of the molecule is Cc1cc(Oc2cnccc2CCl)ccc1C(C)C. The Labute approximate surface area is 119 Å². The van der Waals surface area contributed by atoms with Gasteiger partial charge in [-0.25, -0.2) is 0 Å². The minimum absolute atomic E-state index is 0.418. The van der Waals surface area contributed by atoms with Crippen LogP contribution < -0.4 is 4.74 Å². The van der Waals surface area contributed by atoms with E-state index in [4.69, 9.17) is 16.3 Å². The van der Waals surface area contributed by atoms with Crippen molar-refractivity contribution in [1.82, 2.24) is 4.98 Å². The summed E-state index contributed by atoms with van der Waals surface area (Å²) in [6.07, 6.45) is 3.42. The standard InChI is InChI=1S/C16H18ClNO/c1-11(2)15-5-4-14(8-12(15)3)19-16-10-18-7-6-13(16)9-17/h4-8,10-11H,9H2,1-3H3. The van der Waals surface area contributed by atoms with E-state index in [0.29, 0.717) is 17.5 Å². The van der Waals surface area contributed by atoms with Crippen molar-refractivity contribution in [2.45, 2.75) is 32.6 Å². The first-order valence-electron chi connectivity index (χ1n) is 6.39. The molecule has 1 aromatic heterocycles. The predicted molar refractivity (Wildman–Crippen MR) is 79.1 cm³/mol. The predicted octanol–water partition coefficient (Wildman–Crippen LogP) is 5.04. The molecular weight excluding hydrogens is 258 g/mol. The molecule has 0 bridgehead atoms. The third-order valence-corrected chi connectivity index (χ3v) is 3.39. The van der Waals surface area contributed by atoms with Crippen molar-refractivity contribution >= 4 is 11.6 Å². The molecule has 3 heteroatoms. The normalized spacial score (nSPS) is 10.8. The van der Waals surface area contributed by atoms with Gasteiger partial charge in [0.2, 0.25) is 0 Å². The van der Waals surface area contributed by atoms with Gasteiger partial charge in [-0.2, -0.15) is 0 Å². The maximum atomic E-state index is 5.89. The first-order chi connectivity index (χ1) is 9.11. The van der Waals surface area contributed by atoms with Crippen molar-refractivity contribution in [3.05, 3.63) is 53.3 Å². The summed E-state index contributed by atoms with van der Waals surface area (Å²) < 4.78 is 5.87. The molecule has 100 valence electrons. The lowest BCUT2D eigenvalue weighted by atomic mass is 9.98. The maximum absolute atomic E-state index is 5.89. The molecule has 0 N–H and O–H groups in total. The smallest absolute Gasteiger partial charge is 0.150 e. The Hall–Kier alpha value is -1.54. The molecule has 0 amide bonds. The highest BCUT2D eigenvalue weighted by atomic mass is 35.5. The van der Waals surface area contributed by atoms with Gasteiger partial charge in [0.05, 0.1) is 12.1 Å². The molecule has 1 heterocycles. The number of hydrogen-bond acceptors (Lipinski definition) is 2. The number of pyridine rings is 1. The molecule has 1 aromatic carbocycles. The number of halogens is 1. The second-order valence-electron chi connectivity index (χ2n) is 4.89. The molecule has 2 rings (SSSR count). The van der Waals surface area contributed by atoms with Crippen molar-refractivity contribution in [2.75, 3.05) is 0 Å². The van der Waals surface area contributed by atoms with E-state index in [-0.39, 0.29) is 0 Å². The van der Waals surface area contributed by atoms with Crippen molar-refractivity contribution < 1.29 is 4.74 Å². The Morgan fingerprint density at radius 1 is 1.26 bits per heavy atom. The van der Waals surface area contributed by atoms with E-state index < -0.39 is 0 Å². The summed E-state index contributed by atoms with van der Waals surface area (Å²) in [5.74, 6) is 2.47. The molecule has 0 fully saturated rings. The lowest BCUT2D eigenvalue weighted by Gasteiger charge is -2.13. The van der Waals surface area contributed by atoms with E-state index in [2.05, 4.69) is 37.9 Å². The summed E-state index contributed by atoms with van der Waals surface area (Å²) in [5.41, 5.74) is 3.53. The molecule has 0 spiro atoms. The fourth-order valence-electron chi connectivity index (χ4n) is 2.10. The molecule has 0 radical (unpaired) electrons. The fourth-order valence-corrected chi connectivity index (χ4v) is 2.32. The van der Waals surface area contributed by atoms with E-state index in [1.165, 1.54) is 11.1 Å². The average Bonchev–Trinajstić information content (AvgIpc) is 2.39. The highest BCUT2D eigenvalue weighted by Crippen LogP contribution is 2.29. The lowest BCUT2D eigenvalue weighted by molar-refractivity contribution is 0.475. The summed E-state index contributed by atoms with van der Waals surface area (Å²) >= 11 is 5.89. The average molecular weight is 276 g/mol. The zero-order chi connectivity index (χ0) is 13.8. The molecule has 19 heavy (non-hydrogen) atoms. The van der Waals surface area contributed by atoms with Gasteiger partial charge in [0.1, 0.15) is 11.5 Å². The van der Waals surface area contributed by atoms with Crippen LogP contribution in [-0.2, 0) is 5.88 Å². The Kier molecular flexibility index (Phi) is 4.43. The van der Waals surface area contributed by atoms with E-state index in [1.54, 1.807) is 12.4 Å². The first kappa shape index (κ1) is 13.9. The number of aryl methyl sites for hydroxylation is 1. The second-order valence-corrected chi connectivity index (χ2v) is 5.16. The van der Waals surface area contributed by atoms with Crippen LogP contribution in [0.3, 0.4) is 0 Å². The largest absolute Gasteiger partial charge is 0.455 e. The number of aromatic nitrogens is 1. The van der Waals surface area contributed by atoms with Crippen molar-refractivity contribution in [2.24, 2.45) is 0 Å². The van der Waals surface area contributed by atoms with Gasteiger partial charge in [-0.3, -0.25) is 4.98 Å². The topological polar surface area (TPSA) is 22.1 Å². The van der Waals surface area contributed by atoms with Crippen LogP contribution in [0.1, 0.15) is 36.5 Å². The summed E-state index contributed by atoms with van der Waals surface area (Å²) in [6.45, 7) is 6.49. The Balaban J connectivity index is 2.26. The van der Waals surface area contributed by atoms with Gasteiger partial charge in [-0.1, -0.05) is 19.9 Å². The molecule has 0 unspecified atom stereocenters. The molecule has 0 aliphatic heterocycles. The van der Waals surface area contributed by atoms with Gasteiger partial charge in [-0.15, -0.1) is 11.6 Å². The summed E-state index contributed by atoms with van der Waals surface area (Å²) in [4.78, 5) is 4.07. The molecule has 2 aromatic rings. The Bertz CT molecular complexity index is 566. The van der Waals surface area contributed by atoms with Crippen LogP contribution in [0.4, 0.5) is 0 Å². The Morgan fingerprint density at radius 3 is 2.68 bits per heavy atom. The third kappa shape index (κ3) is 3.27. The maximum Gasteiger partial charge on any atom is 0.150 e. The van der Waals surface area contributed by atoms with Crippen LogP contribution in [0.25, 0.3) is 0 Å². The van der Waals surface area contributed by atoms with Crippen molar-refractivity contribution in [1.29, 1.82) is 0 Å². The number of hydrogen-bond donors (Lipinski definition) is 0. The van der Waals surface area contributed by atoms with Crippen LogP contribution in [-0.4, -0.2) is 4.98 Å². The molecule has 2 nitrogen and oxygen atoms in total. The van der Waals surface area contributed by atoms with Crippen molar-refractivity contribution in [3.8, 4) is 11.5 Å². The highest BCUT2D eigenvalue weighted by molar-refractivity contribution is 6.17.